The number of hydrogen-bond donors (Lipinski definition) is 4. The zero-order valence-electron chi connectivity index (χ0n) is 9.12. The molecule has 1 amide bonds. The van der Waals surface area contributed by atoms with Crippen molar-refractivity contribution in [3.05, 3.63) is 11.8 Å². The van der Waals surface area contributed by atoms with E-state index in [1.165, 1.54) is 13.1 Å². The number of carbonyl (C=O) groups excluding carboxylic acids is 1. The molecule has 1 aromatic rings. The molecule has 0 saturated carbocycles. The average Bonchev–Trinajstić information content (AvgIpc) is 2.59. The highest BCUT2D eigenvalue weighted by Crippen LogP contribution is 2.08. The monoisotopic (exact) mass is 243 g/mol. The molecule has 94 valence electrons. The number of aromatic hydroxyl groups is 1. The number of nitrogens with one attached hydrogen (secondary N) is 1. The van der Waals surface area contributed by atoms with Crippen LogP contribution in [0.1, 0.15) is 16.9 Å². The zero-order chi connectivity index (χ0) is 13.0. The Hall–Kier alpha value is -2.09. The molecule has 8 heteroatoms. The second-order valence-electron chi connectivity index (χ2n) is 3.41. The summed E-state index contributed by atoms with van der Waals surface area (Å²) in [6, 6.07) is 1.18. The molecule has 0 aliphatic rings. The van der Waals surface area contributed by atoms with Crippen molar-refractivity contribution in [1.82, 2.24) is 15.1 Å². The minimum Gasteiger partial charge on any atom is -0.493 e. The Kier molecular flexibility index (Phi) is 4.05. The molecule has 0 aliphatic heterocycles. The number of aryl methyl sites for hydroxylation is 1. The van der Waals surface area contributed by atoms with E-state index >= 15 is 0 Å². The summed E-state index contributed by atoms with van der Waals surface area (Å²) in [6.45, 7) is 0.00361. The summed E-state index contributed by atoms with van der Waals surface area (Å²) in [7, 11) is 1.47. The molecule has 0 aromatic carbocycles. The van der Waals surface area contributed by atoms with Gasteiger partial charge in [0.1, 0.15) is 0 Å². The second-order valence-corrected chi connectivity index (χ2v) is 3.41. The number of aromatic nitrogens is 2. The Morgan fingerprint density at radius 2 is 2.24 bits per heavy atom. The van der Waals surface area contributed by atoms with E-state index in [1.807, 2.05) is 0 Å². The molecule has 0 fully saturated rings. The van der Waals surface area contributed by atoms with Crippen molar-refractivity contribution < 1.29 is 24.9 Å². The summed E-state index contributed by atoms with van der Waals surface area (Å²) >= 11 is 0. The molecule has 1 rings (SSSR count). The van der Waals surface area contributed by atoms with Gasteiger partial charge in [-0.1, -0.05) is 0 Å². The van der Waals surface area contributed by atoms with E-state index in [0.717, 1.165) is 4.68 Å². The lowest BCUT2D eigenvalue weighted by Gasteiger charge is -2.05. The normalized spacial score (nSPS) is 12.1. The fraction of sp³-hybridized carbons (Fsp3) is 0.444. The maximum atomic E-state index is 11.4. The first kappa shape index (κ1) is 13.0. The van der Waals surface area contributed by atoms with Gasteiger partial charge in [-0.2, -0.15) is 5.10 Å². The number of aliphatic hydroxyl groups excluding tert-OH is 1. The van der Waals surface area contributed by atoms with Crippen molar-refractivity contribution in [1.29, 1.82) is 0 Å². The standard InChI is InChI=1S/C9H13N3O5/c1-12-7(14)4-5(11-12)8(15)10-3-2-6(13)9(16)17/h4,6,13-14H,2-3H2,1H3,(H,10,15)(H,16,17). The van der Waals surface area contributed by atoms with Crippen LogP contribution in [0.5, 0.6) is 5.88 Å². The van der Waals surface area contributed by atoms with E-state index < -0.39 is 18.0 Å². The molecular formula is C9H13N3O5. The maximum Gasteiger partial charge on any atom is 0.332 e. The van der Waals surface area contributed by atoms with E-state index in [0.29, 0.717) is 0 Å². The van der Waals surface area contributed by atoms with Crippen LogP contribution in [-0.2, 0) is 11.8 Å². The van der Waals surface area contributed by atoms with Crippen LogP contribution in [0.25, 0.3) is 0 Å². The number of aliphatic hydroxyl groups is 1. The van der Waals surface area contributed by atoms with Crippen LogP contribution in [0.3, 0.4) is 0 Å². The van der Waals surface area contributed by atoms with Gasteiger partial charge in [0.25, 0.3) is 5.91 Å². The Labute approximate surface area is 96.5 Å². The van der Waals surface area contributed by atoms with E-state index in [4.69, 9.17) is 10.2 Å². The third-order valence-corrected chi connectivity index (χ3v) is 2.08. The van der Waals surface area contributed by atoms with Gasteiger partial charge < -0.3 is 20.6 Å². The number of carbonyl (C=O) groups is 2. The molecule has 1 unspecified atom stereocenters. The van der Waals surface area contributed by atoms with Gasteiger partial charge >= 0.3 is 5.97 Å². The first-order chi connectivity index (χ1) is 7.91. The largest absolute Gasteiger partial charge is 0.493 e. The lowest BCUT2D eigenvalue weighted by atomic mass is 10.2. The molecule has 0 saturated heterocycles. The van der Waals surface area contributed by atoms with Crippen molar-refractivity contribution in [3.8, 4) is 5.88 Å². The highest BCUT2D eigenvalue weighted by molar-refractivity contribution is 5.92. The number of carboxylic acids is 1. The van der Waals surface area contributed by atoms with Gasteiger partial charge in [0.2, 0.25) is 5.88 Å². The minimum atomic E-state index is -1.51. The Morgan fingerprint density at radius 3 is 2.71 bits per heavy atom. The smallest absolute Gasteiger partial charge is 0.332 e. The Bertz CT molecular complexity index is 409. The van der Waals surface area contributed by atoms with Crippen LogP contribution in [0, 0.1) is 0 Å². The van der Waals surface area contributed by atoms with Gasteiger partial charge in [0, 0.05) is 26.1 Å². The summed E-state index contributed by atoms with van der Waals surface area (Å²) in [4.78, 5) is 21.7. The molecule has 0 bridgehead atoms. The third-order valence-electron chi connectivity index (χ3n) is 2.08. The summed E-state index contributed by atoms with van der Waals surface area (Å²) in [5.41, 5.74) is 0.0230. The van der Waals surface area contributed by atoms with Crippen molar-refractivity contribution in [2.75, 3.05) is 6.54 Å². The van der Waals surface area contributed by atoms with Crippen molar-refractivity contribution in [2.24, 2.45) is 7.05 Å². The molecule has 17 heavy (non-hydrogen) atoms. The van der Waals surface area contributed by atoms with Crippen LogP contribution in [0.15, 0.2) is 6.07 Å². The fourth-order valence-electron chi connectivity index (χ4n) is 1.10. The molecule has 0 aliphatic carbocycles. The van der Waals surface area contributed by atoms with Crippen molar-refractivity contribution >= 4 is 11.9 Å². The molecular weight excluding hydrogens is 230 g/mol. The number of aliphatic carboxylic acids is 1. The summed E-state index contributed by atoms with van der Waals surface area (Å²) in [5.74, 6) is -2.03. The van der Waals surface area contributed by atoms with E-state index in [1.54, 1.807) is 0 Å². The molecule has 1 heterocycles. The van der Waals surface area contributed by atoms with Gasteiger partial charge in [-0.15, -0.1) is 0 Å². The van der Waals surface area contributed by atoms with Crippen LogP contribution >= 0.6 is 0 Å². The lowest BCUT2D eigenvalue weighted by molar-refractivity contribution is -0.146. The number of nitrogens with zero attached hydrogens (tertiary/aromatic N) is 2. The summed E-state index contributed by atoms with van der Waals surface area (Å²) in [6.07, 6.45) is -1.60. The zero-order valence-corrected chi connectivity index (χ0v) is 9.12. The van der Waals surface area contributed by atoms with Gasteiger partial charge in [-0.05, 0) is 0 Å². The average molecular weight is 243 g/mol. The summed E-state index contributed by atoms with van der Waals surface area (Å²) in [5, 5.41) is 32.6. The van der Waals surface area contributed by atoms with E-state index in [2.05, 4.69) is 10.4 Å². The second kappa shape index (κ2) is 5.30. The van der Waals surface area contributed by atoms with Gasteiger partial charge in [-0.3, -0.25) is 4.79 Å². The van der Waals surface area contributed by atoms with E-state index in [9.17, 15) is 14.7 Å². The first-order valence-electron chi connectivity index (χ1n) is 4.84. The molecule has 0 spiro atoms. The number of amides is 1. The highest BCUT2D eigenvalue weighted by Gasteiger charge is 2.15. The minimum absolute atomic E-state index is 0.00361. The summed E-state index contributed by atoms with van der Waals surface area (Å²) < 4.78 is 1.13. The van der Waals surface area contributed by atoms with Gasteiger partial charge in [0.15, 0.2) is 11.8 Å². The van der Waals surface area contributed by atoms with Crippen molar-refractivity contribution in [2.45, 2.75) is 12.5 Å². The highest BCUT2D eigenvalue weighted by atomic mass is 16.4. The number of carboxylic acid groups (broad SMARTS) is 1. The predicted octanol–water partition coefficient (Wildman–Crippen LogP) is -1.31. The van der Waals surface area contributed by atoms with Gasteiger partial charge in [-0.25, -0.2) is 9.48 Å². The molecule has 4 N–H and O–H groups in total. The van der Waals surface area contributed by atoms with Gasteiger partial charge in [0.05, 0.1) is 0 Å². The fourth-order valence-corrected chi connectivity index (χ4v) is 1.10. The quantitative estimate of drug-likeness (QED) is 0.509. The Morgan fingerprint density at radius 1 is 1.59 bits per heavy atom. The molecule has 1 atom stereocenters. The van der Waals surface area contributed by atoms with E-state index in [-0.39, 0.29) is 24.5 Å². The maximum absolute atomic E-state index is 11.4. The SMILES string of the molecule is Cn1nc(C(=O)NCCC(O)C(=O)O)cc1O. The molecule has 1 aromatic heterocycles. The number of hydrogen-bond acceptors (Lipinski definition) is 5. The molecule has 8 nitrogen and oxygen atoms in total. The Balaban J connectivity index is 2.43. The molecule has 0 radical (unpaired) electrons. The first-order valence-corrected chi connectivity index (χ1v) is 4.84. The lowest BCUT2D eigenvalue weighted by Crippen LogP contribution is -2.30. The topological polar surface area (TPSA) is 125 Å². The van der Waals surface area contributed by atoms with Crippen LogP contribution in [0.4, 0.5) is 0 Å². The van der Waals surface area contributed by atoms with Crippen LogP contribution < -0.4 is 5.32 Å². The third kappa shape index (κ3) is 3.45. The predicted molar refractivity (Wildman–Crippen MR) is 55.5 cm³/mol. The number of rotatable bonds is 5. The van der Waals surface area contributed by atoms with Crippen LogP contribution in [-0.4, -0.2) is 49.6 Å². The van der Waals surface area contributed by atoms with Crippen molar-refractivity contribution in [3.63, 3.8) is 0 Å². The van der Waals surface area contributed by atoms with Crippen LogP contribution in [0.2, 0.25) is 0 Å².